The molecule has 0 fully saturated rings. The summed E-state index contributed by atoms with van der Waals surface area (Å²) in [5.74, 6) is 2.06. The summed E-state index contributed by atoms with van der Waals surface area (Å²) in [4.78, 5) is 11.0. The van der Waals surface area contributed by atoms with Crippen LogP contribution in [0.25, 0.3) is 0 Å². The Morgan fingerprint density at radius 3 is 3.38 bits per heavy atom. The van der Waals surface area contributed by atoms with E-state index in [-0.39, 0.29) is 11.9 Å². The molecule has 0 bridgehead atoms. The highest BCUT2D eigenvalue weighted by molar-refractivity contribution is 7.98. The minimum absolute atomic E-state index is 0.299. The van der Waals surface area contributed by atoms with Crippen LogP contribution in [0.1, 0.15) is 5.56 Å². The molecule has 0 saturated carbocycles. The minimum Gasteiger partial charge on any atom is -0.368 e. The smallest absolute Gasteiger partial charge is 0.240 e. The first kappa shape index (κ1) is 8.43. The van der Waals surface area contributed by atoms with E-state index in [4.69, 9.17) is 5.73 Å². The zero-order valence-electron chi connectivity index (χ0n) is 6.91. The van der Waals surface area contributed by atoms with Crippen molar-refractivity contribution in [2.24, 2.45) is 5.73 Å². The van der Waals surface area contributed by atoms with Crippen molar-refractivity contribution in [2.75, 3.05) is 11.1 Å². The van der Waals surface area contributed by atoms with E-state index in [9.17, 15) is 4.79 Å². The molecule has 1 amide bonds. The molecule has 6 heteroatoms. The summed E-state index contributed by atoms with van der Waals surface area (Å²) in [6.07, 6.45) is 1.76. The lowest BCUT2D eigenvalue weighted by molar-refractivity contribution is -0.118. The third-order valence-electron chi connectivity index (χ3n) is 1.92. The summed E-state index contributed by atoms with van der Waals surface area (Å²) in [7, 11) is 0. The molecule has 0 spiro atoms. The summed E-state index contributed by atoms with van der Waals surface area (Å²) in [6, 6.07) is -0.299. The number of primary amides is 1. The highest BCUT2D eigenvalue weighted by Crippen LogP contribution is 2.24. The Bertz CT molecular complexity index is 324. The van der Waals surface area contributed by atoms with E-state index in [1.165, 1.54) is 0 Å². The molecule has 4 N–H and O–H groups in total. The number of aromatic nitrogens is 2. The number of aromatic amines is 1. The van der Waals surface area contributed by atoms with Crippen LogP contribution in [0.2, 0.25) is 0 Å². The summed E-state index contributed by atoms with van der Waals surface area (Å²) < 4.78 is 0. The van der Waals surface area contributed by atoms with E-state index in [1.54, 1.807) is 18.0 Å². The number of fused-ring (bicyclic) bond motifs is 1. The number of carbonyl (C=O) groups is 1. The Kier molecular flexibility index (Phi) is 2.13. The maximum absolute atomic E-state index is 11.0. The number of H-pyrrole nitrogens is 1. The number of carbonyl (C=O) groups excluding carboxylic acids is 1. The molecule has 70 valence electrons. The fourth-order valence-corrected chi connectivity index (χ4v) is 2.24. The maximum Gasteiger partial charge on any atom is 0.240 e. The van der Waals surface area contributed by atoms with E-state index >= 15 is 0 Å². The van der Waals surface area contributed by atoms with Crippen molar-refractivity contribution in [1.29, 1.82) is 0 Å². The second-order valence-electron chi connectivity index (χ2n) is 2.88. The predicted molar refractivity (Wildman–Crippen MR) is 51.4 cm³/mol. The SMILES string of the molecule is NC(=O)C1CSCc2cn[nH]c2N1. The van der Waals surface area contributed by atoms with Gasteiger partial charge in [0.25, 0.3) is 0 Å². The average molecular weight is 198 g/mol. The predicted octanol–water partition coefficient (Wildman–Crippen LogP) is -0.0777. The molecule has 2 rings (SSSR count). The Hall–Kier alpha value is -1.17. The van der Waals surface area contributed by atoms with Crippen molar-refractivity contribution in [3.05, 3.63) is 11.8 Å². The lowest BCUT2D eigenvalue weighted by atomic mass is 10.3. The van der Waals surface area contributed by atoms with Crippen LogP contribution in [0, 0.1) is 0 Å². The summed E-state index contributed by atoms with van der Waals surface area (Å²) in [5.41, 5.74) is 6.30. The van der Waals surface area contributed by atoms with Crippen LogP contribution in [-0.4, -0.2) is 27.9 Å². The quantitative estimate of drug-likeness (QED) is 0.589. The van der Waals surface area contributed by atoms with Crippen LogP contribution in [0.3, 0.4) is 0 Å². The fraction of sp³-hybridized carbons (Fsp3) is 0.429. The Morgan fingerprint density at radius 1 is 1.77 bits per heavy atom. The van der Waals surface area contributed by atoms with Gasteiger partial charge in [-0.1, -0.05) is 0 Å². The summed E-state index contributed by atoms with van der Waals surface area (Å²) in [5, 5.41) is 9.71. The topological polar surface area (TPSA) is 83.8 Å². The largest absolute Gasteiger partial charge is 0.368 e. The van der Waals surface area contributed by atoms with Crippen LogP contribution in [0.5, 0.6) is 0 Å². The highest BCUT2D eigenvalue weighted by Gasteiger charge is 2.20. The number of nitrogens with zero attached hydrogens (tertiary/aromatic N) is 1. The lowest BCUT2D eigenvalue weighted by Gasteiger charge is -2.11. The molecule has 0 aliphatic carbocycles. The van der Waals surface area contributed by atoms with Crippen molar-refractivity contribution in [1.82, 2.24) is 10.2 Å². The molecule has 2 heterocycles. The normalized spacial score (nSPS) is 21.4. The lowest BCUT2D eigenvalue weighted by Crippen LogP contribution is -2.37. The number of hydrogen-bond donors (Lipinski definition) is 3. The van der Waals surface area contributed by atoms with Gasteiger partial charge in [0, 0.05) is 17.1 Å². The van der Waals surface area contributed by atoms with Gasteiger partial charge in [0.15, 0.2) is 0 Å². The van der Waals surface area contributed by atoms with Crippen molar-refractivity contribution >= 4 is 23.5 Å². The molecule has 5 nitrogen and oxygen atoms in total. The van der Waals surface area contributed by atoms with Crippen molar-refractivity contribution in [3.8, 4) is 0 Å². The summed E-state index contributed by atoms with van der Waals surface area (Å²) >= 11 is 1.68. The van der Waals surface area contributed by atoms with Crippen molar-refractivity contribution in [2.45, 2.75) is 11.8 Å². The van der Waals surface area contributed by atoms with E-state index in [1.807, 2.05) is 0 Å². The third-order valence-corrected chi connectivity index (χ3v) is 3.01. The van der Waals surface area contributed by atoms with E-state index in [2.05, 4.69) is 15.5 Å². The van der Waals surface area contributed by atoms with Gasteiger partial charge in [-0.3, -0.25) is 9.89 Å². The van der Waals surface area contributed by atoms with Gasteiger partial charge in [0.1, 0.15) is 11.9 Å². The number of amides is 1. The average Bonchev–Trinajstić information content (AvgIpc) is 2.42. The molecule has 0 saturated heterocycles. The maximum atomic E-state index is 11.0. The zero-order chi connectivity index (χ0) is 9.26. The molecule has 13 heavy (non-hydrogen) atoms. The second-order valence-corrected chi connectivity index (χ2v) is 3.91. The summed E-state index contributed by atoms with van der Waals surface area (Å²) in [6.45, 7) is 0. The van der Waals surface area contributed by atoms with E-state index < -0.39 is 0 Å². The van der Waals surface area contributed by atoms with E-state index in [0.717, 1.165) is 17.1 Å². The number of nitrogens with one attached hydrogen (secondary N) is 2. The molecule has 0 aromatic carbocycles. The first-order valence-corrected chi connectivity index (χ1v) is 5.08. The minimum atomic E-state index is -0.324. The number of hydrogen-bond acceptors (Lipinski definition) is 4. The standard InChI is InChI=1S/C7H10N4OS/c8-6(12)5-3-13-2-4-1-9-11-7(4)10-5/h1,5H,2-3H2,(H2,8,12)(H2,9,10,11). The first-order valence-electron chi connectivity index (χ1n) is 3.93. The van der Waals surface area contributed by atoms with Crippen LogP contribution < -0.4 is 11.1 Å². The molecule has 1 unspecified atom stereocenters. The van der Waals surface area contributed by atoms with Gasteiger partial charge in [-0.15, -0.1) is 0 Å². The second kappa shape index (κ2) is 3.29. The van der Waals surface area contributed by atoms with Crippen molar-refractivity contribution < 1.29 is 4.79 Å². The Morgan fingerprint density at radius 2 is 2.62 bits per heavy atom. The third kappa shape index (κ3) is 1.62. The van der Waals surface area contributed by atoms with Gasteiger partial charge in [0.2, 0.25) is 5.91 Å². The molecule has 1 atom stereocenters. The zero-order valence-corrected chi connectivity index (χ0v) is 7.73. The van der Waals surface area contributed by atoms with E-state index in [0.29, 0.717) is 5.75 Å². The van der Waals surface area contributed by atoms with Crippen LogP contribution >= 0.6 is 11.8 Å². The number of thioether (sulfide) groups is 1. The van der Waals surface area contributed by atoms with Gasteiger partial charge in [0.05, 0.1) is 6.20 Å². The first-order chi connectivity index (χ1) is 6.27. The highest BCUT2D eigenvalue weighted by atomic mass is 32.2. The van der Waals surface area contributed by atoms with Gasteiger partial charge in [-0.05, 0) is 0 Å². The Labute approximate surface area is 79.5 Å². The molecule has 0 radical (unpaired) electrons. The van der Waals surface area contributed by atoms with Crippen LogP contribution in [0.4, 0.5) is 5.82 Å². The van der Waals surface area contributed by atoms with Gasteiger partial charge < -0.3 is 11.1 Å². The molecular formula is C7H10N4OS. The van der Waals surface area contributed by atoms with Crippen molar-refractivity contribution in [3.63, 3.8) is 0 Å². The molecular weight excluding hydrogens is 188 g/mol. The van der Waals surface area contributed by atoms with Crippen LogP contribution in [-0.2, 0) is 10.5 Å². The monoisotopic (exact) mass is 198 g/mol. The Balaban J connectivity index is 2.21. The fourth-order valence-electron chi connectivity index (χ4n) is 1.20. The van der Waals surface area contributed by atoms with Gasteiger partial charge in [-0.25, -0.2) is 0 Å². The van der Waals surface area contributed by atoms with Crippen LogP contribution in [0.15, 0.2) is 6.20 Å². The number of anilines is 1. The molecule has 1 aromatic heterocycles. The number of rotatable bonds is 1. The molecule has 1 aliphatic heterocycles. The molecule has 1 aromatic rings. The van der Waals surface area contributed by atoms with Gasteiger partial charge >= 0.3 is 0 Å². The molecule has 1 aliphatic rings. The number of nitrogens with two attached hydrogens (primary N) is 1. The van der Waals surface area contributed by atoms with Gasteiger partial charge in [-0.2, -0.15) is 16.9 Å².